The van der Waals surface area contributed by atoms with Crippen molar-refractivity contribution in [2.45, 2.75) is 18.9 Å². The first-order chi connectivity index (χ1) is 11.2. The number of aromatic nitrogens is 3. The Labute approximate surface area is 144 Å². The molecule has 0 N–H and O–H groups in total. The van der Waals surface area contributed by atoms with Crippen LogP contribution in [0.5, 0.6) is 0 Å². The molecule has 2 aromatic heterocycles. The van der Waals surface area contributed by atoms with Crippen molar-refractivity contribution < 1.29 is 0 Å². The molecule has 4 nitrogen and oxygen atoms in total. The highest BCUT2D eigenvalue weighted by Gasteiger charge is 2.21. The van der Waals surface area contributed by atoms with Gasteiger partial charge < -0.3 is 9.47 Å². The average Bonchev–Trinajstić information content (AvgIpc) is 3.13. The quantitative estimate of drug-likeness (QED) is 0.680. The molecule has 0 saturated carbocycles. The average molecular weight is 347 g/mol. The van der Waals surface area contributed by atoms with E-state index in [-0.39, 0.29) is 0 Å². The van der Waals surface area contributed by atoms with Crippen molar-refractivity contribution >= 4 is 39.9 Å². The zero-order valence-corrected chi connectivity index (χ0v) is 14.0. The van der Waals surface area contributed by atoms with Gasteiger partial charge in [-0.05, 0) is 37.1 Å². The molecule has 23 heavy (non-hydrogen) atoms. The maximum atomic E-state index is 6.28. The first kappa shape index (κ1) is 14.8. The molecule has 3 heterocycles. The van der Waals surface area contributed by atoms with Gasteiger partial charge in [0.2, 0.25) is 0 Å². The van der Waals surface area contributed by atoms with Crippen molar-refractivity contribution in [2.75, 3.05) is 18.0 Å². The summed E-state index contributed by atoms with van der Waals surface area (Å²) in [6.07, 6.45) is 7.94. The second-order valence-electron chi connectivity index (χ2n) is 5.82. The molecule has 1 fully saturated rings. The number of anilines is 1. The van der Waals surface area contributed by atoms with E-state index in [1.807, 2.05) is 36.9 Å². The van der Waals surface area contributed by atoms with Crippen molar-refractivity contribution in [2.24, 2.45) is 0 Å². The van der Waals surface area contributed by atoms with Crippen LogP contribution >= 0.6 is 23.2 Å². The van der Waals surface area contributed by atoms with E-state index in [9.17, 15) is 0 Å². The van der Waals surface area contributed by atoms with Crippen molar-refractivity contribution in [3.63, 3.8) is 0 Å². The molecule has 6 heteroatoms. The monoisotopic (exact) mass is 346 g/mol. The number of benzene rings is 1. The first-order valence-electron chi connectivity index (χ1n) is 7.69. The predicted molar refractivity (Wildman–Crippen MR) is 94.5 cm³/mol. The topological polar surface area (TPSA) is 34.0 Å². The molecule has 1 saturated heterocycles. The predicted octanol–water partition coefficient (Wildman–Crippen LogP) is 4.58. The summed E-state index contributed by atoms with van der Waals surface area (Å²) in [5, 5.41) is 2.22. The van der Waals surface area contributed by atoms with Crippen molar-refractivity contribution in [3.05, 3.63) is 53.0 Å². The lowest BCUT2D eigenvalue weighted by molar-refractivity contribution is 0.395. The summed E-state index contributed by atoms with van der Waals surface area (Å²) in [6.45, 7) is 1.94. The number of fused-ring (bicyclic) bond motifs is 1. The second kappa shape index (κ2) is 6.02. The molecule has 0 aliphatic carbocycles. The van der Waals surface area contributed by atoms with Gasteiger partial charge in [0.1, 0.15) is 5.82 Å². The summed E-state index contributed by atoms with van der Waals surface area (Å²) < 4.78 is 2.20. The van der Waals surface area contributed by atoms with Crippen LogP contribution in [0.25, 0.3) is 10.9 Å². The molecule has 118 valence electrons. The maximum Gasteiger partial charge on any atom is 0.129 e. The first-order valence-corrected chi connectivity index (χ1v) is 8.45. The van der Waals surface area contributed by atoms with Gasteiger partial charge >= 0.3 is 0 Å². The van der Waals surface area contributed by atoms with Crippen molar-refractivity contribution in [1.82, 2.24) is 14.5 Å². The van der Waals surface area contributed by atoms with Gasteiger partial charge in [-0.25, -0.2) is 9.97 Å². The van der Waals surface area contributed by atoms with Crippen LogP contribution in [0.1, 0.15) is 18.9 Å². The maximum absolute atomic E-state index is 6.28. The third-order valence-corrected chi connectivity index (χ3v) is 5.11. The molecule has 0 unspecified atom stereocenters. The van der Waals surface area contributed by atoms with Crippen LogP contribution in [0.4, 0.5) is 5.82 Å². The lowest BCUT2D eigenvalue weighted by Crippen LogP contribution is -2.34. The number of halogens is 2. The molecule has 4 rings (SSSR count). The molecule has 0 atom stereocenters. The number of rotatable bonds is 2. The zero-order valence-electron chi connectivity index (χ0n) is 12.5. The largest absolute Gasteiger partial charge is 0.356 e. The van der Waals surface area contributed by atoms with Crippen molar-refractivity contribution in [1.29, 1.82) is 0 Å². The molecular formula is C17H16Cl2N4. The standard InChI is InChI=1S/C17H16Cl2N4/c18-14-2-3-15(19)17-13(14)1-4-16(21-17)22-8-5-12(6-9-22)23-10-7-20-11-23/h1-4,7,10-12H,5-6,8-9H2. The molecule has 0 bridgehead atoms. The Hall–Kier alpha value is -1.78. The second-order valence-corrected chi connectivity index (χ2v) is 6.64. The minimum Gasteiger partial charge on any atom is -0.356 e. The SMILES string of the molecule is Clc1ccc(Cl)c2nc(N3CCC(n4ccnc4)CC3)ccc12. The van der Waals surface area contributed by atoms with Crippen LogP contribution in [0.15, 0.2) is 43.0 Å². The smallest absolute Gasteiger partial charge is 0.129 e. The minimum atomic E-state index is 0.521. The highest BCUT2D eigenvalue weighted by Crippen LogP contribution is 2.31. The van der Waals surface area contributed by atoms with E-state index in [0.29, 0.717) is 16.1 Å². The van der Waals surface area contributed by atoms with E-state index >= 15 is 0 Å². The number of pyridine rings is 1. The molecule has 0 spiro atoms. The Balaban J connectivity index is 1.57. The molecule has 3 aromatic rings. The van der Waals surface area contributed by atoms with E-state index in [2.05, 4.69) is 14.5 Å². The van der Waals surface area contributed by atoms with E-state index < -0.39 is 0 Å². The third-order valence-electron chi connectivity index (χ3n) is 4.48. The van der Waals surface area contributed by atoms with Crippen LogP contribution in [-0.4, -0.2) is 27.6 Å². The van der Waals surface area contributed by atoms with Gasteiger partial charge in [-0.2, -0.15) is 0 Å². The van der Waals surface area contributed by atoms with Crippen LogP contribution in [0.3, 0.4) is 0 Å². The fourth-order valence-corrected chi connectivity index (χ4v) is 3.62. The van der Waals surface area contributed by atoms with Gasteiger partial charge in [0.15, 0.2) is 0 Å². The number of imidazole rings is 1. The summed E-state index contributed by atoms with van der Waals surface area (Å²) in [4.78, 5) is 11.2. The lowest BCUT2D eigenvalue weighted by Gasteiger charge is -2.33. The molecule has 1 aromatic carbocycles. The summed E-state index contributed by atoms with van der Waals surface area (Å²) >= 11 is 12.5. The summed E-state index contributed by atoms with van der Waals surface area (Å²) in [7, 11) is 0. The number of hydrogen-bond donors (Lipinski definition) is 0. The van der Waals surface area contributed by atoms with Crippen LogP contribution in [0, 0.1) is 0 Å². The van der Waals surface area contributed by atoms with Gasteiger partial charge in [-0.3, -0.25) is 0 Å². The minimum absolute atomic E-state index is 0.521. The Morgan fingerprint density at radius 1 is 1.00 bits per heavy atom. The summed E-state index contributed by atoms with van der Waals surface area (Å²) in [5.74, 6) is 0.964. The lowest BCUT2D eigenvalue weighted by atomic mass is 10.0. The summed E-state index contributed by atoms with van der Waals surface area (Å²) in [5.41, 5.74) is 0.772. The number of hydrogen-bond acceptors (Lipinski definition) is 3. The van der Waals surface area contributed by atoms with E-state index in [1.54, 1.807) is 6.07 Å². The molecule has 1 aliphatic rings. The Morgan fingerprint density at radius 3 is 2.52 bits per heavy atom. The van der Waals surface area contributed by atoms with E-state index in [0.717, 1.165) is 42.7 Å². The highest BCUT2D eigenvalue weighted by atomic mass is 35.5. The van der Waals surface area contributed by atoms with Gasteiger partial charge in [0, 0.05) is 36.9 Å². The molecule has 1 aliphatic heterocycles. The van der Waals surface area contributed by atoms with E-state index in [4.69, 9.17) is 28.2 Å². The number of piperidine rings is 1. The Morgan fingerprint density at radius 2 is 1.78 bits per heavy atom. The van der Waals surface area contributed by atoms with Gasteiger partial charge in [0.05, 0.1) is 21.9 Å². The Bertz CT molecular complexity index is 824. The van der Waals surface area contributed by atoms with Gasteiger partial charge in [-0.1, -0.05) is 23.2 Å². The molecule has 0 radical (unpaired) electrons. The third kappa shape index (κ3) is 2.77. The fraction of sp³-hybridized carbons (Fsp3) is 0.294. The van der Waals surface area contributed by atoms with Gasteiger partial charge in [0.25, 0.3) is 0 Å². The van der Waals surface area contributed by atoms with Crippen LogP contribution in [-0.2, 0) is 0 Å². The van der Waals surface area contributed by atoms with Crippen LogP contribution in [0.2, 0.25) is 10.0 Å². The number of nitrogens with zero attached hydrogens (tertiary/aromatic N) is 4. The zero-order chi connectivity index (χ0) is 15.8. The normalized spacial score (nSPS) is 16.2. The summed E-state index contributed by atoms with van der Waals surface area (Å²) in [6, 6.07) is 8.17. The highest BCUT2D eigenvalue weighted by molar-refractivity contribution is 6.39. The van der Waals surface area contributed by atoms with Gasteiger partial charge in [-0.15, -0.1) is 0 Å². The van der Waals surface area contributed by atoms with E-state index in [1.165, 1.54) is 0 Å². The molecular weight excluding hydrogens is 331 g/mol. The fourth-order valence-electron chi connectivity index (χ4n) is 3.19. The van der Waals surface area contributed by atoms with Crippen molar-refractivity contribution in [3.8, 4) is 0 Å². The molecule has 0 amide bonds. The Kier molecular flexibility index (Phi) is 3.87. The van der Waals surface area contributed by atoms with Crippen LogP contribution < -0.4 is 4.90 Å².